The first-order chi connectivity index (χ1) is 9.62. The second kappa shape index (κ2) is 6.80. The van der Waals surface area contributed by atoms with Crippen LogP contribution in [0.25, 0.3) is 0 Å². The van der Waals surface area contributed by atoms with Gasteiger partial charge in [0, 0.05) is 0 Å². The zero-order valence-electron chi connectivity index (χ0n) is 13.6. The van der Waals surface area contributed by atoms with Gasteiger partial charge in [0.2, 0.25) is 0 Å². The Labute approximate surface area is 133 Å². The number of halogens is 2. The minimum atomic E-state index is -1.84. The van der Waals surface area contributed by atoms with Crippen molar-refractivity contribution >= 4 is 25.4 Å². The topological polar surface area (TPSA) is 38.9 Å². The lowest BCUT2D eigenvalue weighted by molar-refractivity contribution is 0.626. The summed E-state index contributed by atoms with van der Waals surface area (Å²) >= 11 is 5.73. The van der Waals surface area contributed by atoms with Crippen molar-refractivity contribution in [3.63, 3.8) is 0 Å². The molecule has 1 heterocycles. The summed E-state index contributed by atoms with van der Waals surface area (Å²) in [6.07, 6.45) is 0. The predicted molar refractivity (Wildman–Crippen MR) is 91.5 cm³/mol. The van der Waals surface area contributed by atoms with Crippen LogP contribution in [0.1, 0.15) is 47.2 Å². The first-order valence-corrected chi connectivity index (χ1v) is 9.88. The van der Waals surface area contributed by atoms with E-state index in [1.807, 2.05) is 0 Å². The van der Waals surface area contributed by atoms with Crippen LogP contribution in [0.2, 0.25) is 21.8 Å². The molecule has 0 aliphatic heterocycles. The normalized spacial score (nSPS) is 12.0. The fourth-order valence-electron chi connectivity index (χ4n) is 3.19. The molecular formula is C16H24ClFN2Si. The molecule has 0 aromatic carbocycles. The molecule has 21 heavy (non-hydrogen) atoms. The van der Waals surface area contributed by atoms with Crippen molar-refractivity contribution in [1.82, 2.24) is 4.98 Å². The van der Waals surface area contributed by atoms with Crippen LogP contribution >= 0.6 is 11.6 Å². The number of nitrogen functional groups attached to an aromatic ring is 1. The number of hydrogen-bond donors (Lipinski definition) is 1. The van der Waals surface area contributed by atoms with Crippen LogP contribution < -0.4 is 5.73 Å². The lowest BCUT2D eigenvalue weighted by Crippen LogP contribution is -2.43. The number of aromatic nitrogens is 1. The largest absolute Gasteiger partial charge is 0.396 e. The standard InChI is InChI=1S/C16H24ClFN2Si/c1-10(2)21(11(3)4,12(5)6)8-7-13-9-14(19)15(18)16(17)20-13/h9-12H,1-6H3,(H2,19,20). The summed E-state index contributed by atoms with van der Waals surface area (Å²) in [6, 6.07) is 1.45. The Kier molecular flexibility index (Phi) is 5.83. The minimum Gasteiger partial charge on any atom is -0.396 e. The van der Waals surface area contributed by atoms with Crippen molar-refractivity contribution in [3.8, 4) is 11.5 Å². The highest BCUT2D eigenvalue weighted by atomic mass is 35.5. The number of rotatable bonds is 3. The van der Waals surface area contributed by atoms with Crippen molar-refractivity contribution in [2.75, 3.05) is 5.73 Å². The van der Waals surface area contributed by atoms with Gasteiger partial charge < -0.3 is 5.73 Å². The summed E-state index contributed by atoms with van der Waals surface area (Å²) in [4.78, 5) is 3.97. The Hall–Kier alpha value is -1.05. The Bertz CT molecular complexity index is 529. The number of nitrogens with zero attached hydrogens (tertiary/aromatic N) is 1. The molecule has 5 heteroatoms. The molecule has 1 aromatic rings. The van der Waals surface area contributed by atoms with E-state index in [4.69, 9.17) is 17.3 Å². The maximum atomic E-state index is 13.4. The molecule has 0 bridgehead atoms. The van der Waals surface area contributed by atoms with Gasteiger partial charge in [-0.2, -0.15) is 0 Å². The zero-order chi connectivity index (χ0) is 16.4. The van der Waals surface area contributed by atoms with Crippen LogP contribution in [0.5, 0.6) is 0 Å². The smallest absolute Gasteiger partial charge is 0.183 e. The second-order valence-corrected chi connectivity index (χ2v) is 12.3. The average molecular weight is 327 g/mol. The maximum absolute atomic E-state index is 13.4. The van der Waals surface area contributed by atoms with E-state index < -0.39 is 13.9 Å². The van der Waals surface area contributed by atoms with Crippen molar-refractivity contribution in [2.45, 2.75) is 58.2 Å². The maximum Gasteiger partial charge on any atom is 0.183 e. The van der Waals surface area contributed by atoms with E-state index in [0.29, 0.717) is 22.3 Å². The number of hydrogen-bond acceptors (Lipinski definition) is 2. The van der Waals surface area contributed by atoms with Gasteiger partial charge in [-0.3, -0.25) is 0 Å². The molecule has 0 spiro atoms. The summed E-state index contributed by atoms with van der Waals surface area (Å²) in [5.74, 6) is 2.43. The molecule has 1 aromatic heterocycles. The van der Waals surface area contributed by atoms with Gasteiger partial charge in [-0.1, -0.05) is 59.1 Å². The molecule has 0 atom stereocenters. The van der Waals surface area contributed by atoms with E-state index in [2.05, 4.69) is 58.0 Å². The Morgan fingerprint density at radius 3 is 2.00 bits per heavy atom. The quantitative estimate of drug-likeness (QED) is 0.481. The zero-order valence-corrected chi connectivity index (χ0v) is 15.3. The van der Waals surface area contributed by atoms with Gasteiger partial charge in [0.25, 0.3) is 0 Å². The lowest BCUT2D eigenvalue weighted by atomic mass is 10.3. The van der Waals surface area contributed by atoms with Gasteiger partial charge in [-0.15, -0.1) is 5.54 Å². The lowest BCUT2D eigenvalue weighted by Gasteiger charge is -2.38. The third-order valence-corrected chi connectivity index (χ3v) is 10.8. The molecule has 2 N–H and O–H groups in total. The molecule has 0 saturated heterocycles. The molecule has 0 unspecified atom stereocenters. The summed E-state index contributed by atoms with van der Waals surface area (Å²) in [5, 5.41) is -0.217. The van der Waals surface area contributed by atoms with E-state index in [1.165, 1.54) is 6.07 Å². The van der Waals surface area contributed by atoms with Crippen LogP contribution in [-0.2, 0) is 0 Å². The molecule has 0 radical (unpaired) electrons. The van der Waals surface area contributed by atoms with Gasteiger partial charge in [0.1, 0.15) is 13.8 Å². The fourth-order valence-corrected chi connectivity index (χ4v) is 8.60. The molecule has 0 fully saturated rings. The first-order valence-electron chi connectivity index (χ1n) is 7.27. The third-order valence-electron chi connectivity index (χ3n) is 4.22. The number of pyridine rings is 1. The summed E-state index contributed by atoms with van der Waals surface area (Å²) in [7, 11) is -1.84. The molecule has 2 nitrogen and oxygen atoms in total. The van der Waals surface area contributed by atoms with E-state index in [9.17, 15) is 4.39 Å². The highest BCUT2D eigenvalue weighted by Gasteiger charge is 2.41. The number of nitrogens with two attached hydrogens (primary N) is 1. The van der Waals surface area contributed by atoms with Crippen LogP contribution in [0.15, 0.2) is 6.07 Å². The second-order valence-electron chi connectivity index (χ2n) is 6.35. The van der Waals surface area contributed by atoms with E-state index >= 15 is 0 Å². The van der Waals surface area contributed by atoms with Crippen molar-refractivity contribution in [3.05, 3.63) is 22.7 Å². The third kappa shape index (κ3) is 3.59. The highest BCUT2D eigenvalue weighted by Crippen LogP contribution is 2.40. The highest BCUT2D eigenvalue weighted by molar-refractivity contribution is 6.90. The van der Waals surface area contributed by atoms with Gasteiger partial charge in [0.05, 0.1) is 5.69 Å². The Morgan fingerprint density at radius 1 is 1.14 bits per heavy atom. The van der Waals surface area contributed by atoms with E-state index in [1.54, 1.807) is 0 Å². The van der Waals surface area contributed by atoms with Gasteiger partial charge in [-0.05, 0) is 22.7 Å². The molecule has 0 aliphatic rings. The van der Waals surface area contributed by atoms with Gasteiger partial charge in [-0.25, -0.2) is 9.37 Å². The molecule has 0 aliphatic carbocycles. The predicted octanol–water partition coefficient (Wildman–Crippen LogP) is 5.03. The molecular weight excluding hydrogens is 303 g/mol. The van der Waals surface area contributed by atoms with Crippen molar-refractivity contribution in [1.29, 1.82) is 0 Å². The summed E-state index contributed by atoms with van der Waals surface area (Å²) in [6.45, 7) is 13.4. The Morgan fingerprint density at radius 2 is 1.62 bits per heavy atom. The van der Waals surface area contributed by atoms with Crippen molar-refractivity contribution < 1.29 is 4.39 Å². The SMILES string of the molecule is CC(C)[Si](C#Cc1cc(N)c(F)c(Cl)n1)(C(C)C)C(C)C. The van der Waals surface area contributed by atoms with Crippen molar-refractivity contribution in [2.24, 2.45) is 0 Å². The monoisotopic (exact) mass is 326 g/mol. The van der Waals surface area contributed by atoms with Crippen LogP contribution in [0.4, 0.5) is 10.1 Å². The summed E-state index contributed by atoms with van der Waals surface area (Å²) in [5.41, 5.74) is 11.1. The molecule has 0 amide bonds. The molecule has 116 valence electrons. The Balaban J connectivity index is 3.35. The first kappa shape index (κ1) is 18.0. The van der Waals surface area contributed by atoms with Crippen LogP contribution in [0, 0.1) is 17.3 Å². The summed E-state index contributed by atoms with van der Waals surface area (Å²) < 4.78 is 13.4. The number of anilines is 1. The molecule has 1 rings (SSSR count). The van der Waals surface area contributed by atoms with Gasteiger partial charge >= 0.3 is 0 Å². The van der Waals surface area contributed by atoms with E-state index in [0.717, 1.165) is 0 Å². The van der Waals surface area contributed by atoms with E-state index in [-0.39, 0.29) is 10.8 Å². The molecule has 0 saturated carbocycles. The average Bonchev–Trinajstić information content (AvgIpc) is 2.35. The van der Waals surface area contributed by atoms with Crippen LogP contribution in [0.3, 0.4) is 0 Å². The minimum absolute atomic E-state index is 0.00907. The fraction of sp³-hybridized carbons (Fsp3) is 0.562. The van der Waals surface area contributed by atoms with Crippen LogP contribution in [-0.4, -0.2) is 13.1 Å². The van der Waals surface area contributed by atoms with Gasteiger partial charge in [0.15, 0.2) is 11.0 Å².